The summed E-state index contributed by atoms with van der Waals surface area (Å²) in [6, 6.07) is 13.8. The fourth-order valence-corrected chi connectivity index (χ4v) is 2.60. The van der Waals surface area contributed by atoms with Crippen LogP contribution < -0.4 is 0 Å². The molecule has 0 spiro atoms. The molecule has 1 unspecified atom stereocenters. The summed E-state index contributed by atoms with van der Waals surface area (Å²) >= 11 is 0. The molecule has 3 heteroatoms. The van der Waals surface area contributed by atoms with Crippen molar-refractivity contribution in [3.8, 4) is 0 Å². The van der Waals surface area contributed by atoms with Crippen LogP contribution in [0.15, 0.2) is 48.7 Å². The minimum absolute atomic E-state index is 0.121. The van der Waals surface area contributed by atoms with Gasteiger partial charge in [0.1, 0.15) is 0 Å². The Balaban J connectivity index is 1.89. The van der Waals surface area contributed by atoms with Gasteiger partial charge in [-0.05, 0) is 31.2 Å². The average molecular weight is 240 g/mol. The number of hydrogen-bond donors (Lipinski definition) is 0. The predicted molar refractivity (Wildman–Crippen MR) is 70.3 cm³/mol. The summed E-state index contributed by atoms with van der Waals surface area (Å²) in [5, 5.41) is 0. The molecule has 0 aliphatic carbocycles. The lowest BCUT2D eigenvalue weighted by molar-refractivity contribution is 0.0644. The molecule has 2 heterocycles. The van der Waals surface area contributed by atoms with Gasteiger partial charge in [0.05, 0.1) is 6.04 Å². The van der Waals surface area contributed by atoms with Crippen molar-refractivity contribution in [1.29, 1.82) is 0 Å². The van der Waals surface area contributed by atoms with Gasteiger partial charge in [-0.2, -0.15) is 0 Å². The topological polar surface area (TPSA) is 25.2 Å². The first-order valence-corrected chi connectivity index (χ1v) is 6.28. The Labute approximate surface area is 107 Å². The van der Waals surface area contributed by atoms with Crippen LogP contribution in [0.25, 0.3) is 0 Å². The number of aromatic nitrogens is 1. The van der Waals surface area contributed by atoms with Gasteiger partial charge in [-0.15, -0.1) is 0 Å². The molecule has 0 saturated heterocycles. The highest BCUT2D eigenvalue weighted by molar-refractivity contribution is 5.94. The van der Waals surface area contributed by atoms with Crippen LogP contribution in [0.1, 0.15) is 29.0 Å². The van der Waals surface area contributed by atoms with Gasteiger partial charge in [0.25, 0.3) is 5.91 Å². The average Bonchev–Trinajstić information content (AvgIpc) is 2.89. The molecule has 0 saturated carbocycles. The molecule has 92 valence electrons. The third-order valence-electron chi connectivity index (χ3n) is 3.62. The number of hydrogen-bond acceptors (Lipinski definition) is 1. The maximum Gasteiger partial charge on any atom is 0.254 e. The number of rotatable bonds is 1. The van der Waals surface area contributed by atoms with E-state index in [0.717, 1.165) is 18.7 Å². The van der Waals surface area contributed by atoms with Crippen LogP contribution in [0.3, 0.4) is 0 Å². The number of amides is 1. The molecule has 2 aromatic rings. The Morgan fingerprint density at radius 1 is 1.11 bits per heavy atom. The molecule has 1 aliphatic heterocycles. The van der Waals surface area contributed by atoms with Crippen molar-refractivity contribution in [2.75, 3.05) is 6.54 Å². The zero-order valence-corrected chi connectivity index (χ0v) is 10.4. The molecule has 0 fully saturated rings. The second-order valence-corrected chi connectivity index (χ2v) is 4.67. The summed E-state index contributed by atoms with van der Waals surface area (Å²) in [4.78, 5) is 14.4. The fraction of sp³-hybridized carbons (Fsp3) is 0.267. The summed E-state index contributed by atoms with van der Waals surface area (Å²) in [6.45, 7) is 3.74. The van der Waals surface area contributed by atoms with E-state index >= 15 is 0 Å². The first-order chi connectivity index (χ1) is 8.77. The molecule has 1 aromatic carbocycles. The molecular weight excluding hydrogens is 224 g/mol. The fourth-order valence-electron chi connectivity index (χ4n) is 2.60. The molecule has 3 rings (SSSR count). The van der Waals surface area contributed by atoms with Crippen molar-refractivity contribution in [1.82, 2.24) is 9.47 Å². The van der Waals surface area contributed by atoms with Crippen LogP contribution in [-0.2, 0) is 6.54 Å². The van der Waals surface area contributed by atoms with Crippen molar-refractivity contribution in [2.45, 2.75) is 19.5 Å². The van der Waals surface area contributed by atoms with Crippen LogP contribution >= 0.6 is 0 Å². The number of nitrogens with zero attached hydrogens (tertiary/aromatic N) is 2. The van der Waals surface area contributed by atoms with Crippen LogP contribution in [0.4, 0.5) is 0 Å². The van der Waals surface area contributed by atoms with Gasteiger partial charge in [-0.3, -0.25) is 4.79 Å². The van der Waals surface area contributed by atoms with Gasteiger partial charge in [-0.25, -0.2) is 0 Å². The second kappa shape index (κ2) is 4.33. The summed E-state index contributed by atoms with van der Waals surface area (Å²) in [5.41, 5.74) is 1.98. The van der Waals surface area contributed by atoms with Crippen molar-refractivity contribution in [3.63, 3.8) is 0 Å². The SMILES string of the molecule is CC1c2cccn2CCN1C(=O)c1ccccc1. The third kappa shape index (κ3) is 1.72. The molecule has 18 heavy (non-hydrogen) atoms. The molecule has 1 atom stereocenters. The molecule has 1 amide bonds. The highest BCUT2D eigenvalue weighted by Crippen LogP contribution is 2.26. The summed E-state index contributed by atoms with van der Waals surface area (Å²) in [6.07, 6.45) is 2.08. The van der Waals surface area contributed by atoms with E-state index in [0.29, 0.717) is 0 Å². The summed E-state index contributed by atoms with van der Waals surface area (Å²) in [5.74, 6) is 0.121. The molecule has 0 radical (unpaired) electrons. The highest BCUT2D eigenvalue weighted by atomic mass is 16.2. The number of carbonyl (C=O) groups is 1. The molecular formula is C15H16N2O. The summed E-state index contributed by atoms with van der Waals surface area (Å²) < 4.78 is 2.22. The van der Waals surface area contributed by atoms with Gasteiger partial charge >= 0.3 is 0 Å². The van der Waals surface area contributed by atoms with Crippen molar-refractivity contribution < 1.29 is 4.79 Å². The molecule has 0 N–H and O–H groups in total. The molecule has 3 nitrogen and oxygen atoms in total. The van der Waals surface area contributed by atoms with E-state index in [2.05, 4.69) is 23.8 Å². The van der Waals surface area contributed by atoms with E-state index in [9.17, 15) is 4.79 Å². The van der Waals surface area contributed by atoms with Gasteiger partial charge in [0.15, 0.2) is 0 Å². The van der Waals surface area contributed by atoms with Crippen LogP contribution in [0, 0.1) is 0 Å². The minimum Gasteiger partial charge on any atom is -0.348 e. The molecule has 1 aliphatic rings. The Kier molecular flexibility index (Phi) is 2.67. The van der Waals surface area contributed by atoms with Crippen molar-refractivity contribution in [2.24, 2.45) is 0 Å². The van der Waals surface area contributed by atoms with Gasteiger partial charge in [-0.1, -0.05) is 18.2 Å². The van der Waals surface area contributed by atoms with Crippen molar-refractivity contribution in [3.05, 3.63) is 59.9 Å². The van der Waals surface area contributed by atoms with E-state index in [1.807, 2.05) is 41.3 Å². The second-order valence-electron chi connectivity index (χ2n) is 4.67. The van der Waals surface area contributed by atoms with E-state index in [-0.39, 0.29) is 11.9 Å². The third-order valence-corrected chi connectivity index (χ3v) is 3.62. The van der Waals surface area contributed by atoms with Crippen molar-refractivity contribution >= 4 is 5.91 Å². The number of benzene rings is 1. The zero-order valence-electron chi connectivity index (χ0n) is 10.4. The standard InChI is InChI=1S/C15H16N2O/c1-12-14-8-5-9-16(14)10-11-17(12)15(18)13-6-3-2-4-7-13/h2-9,12H,10-11H2,1H3. The number of fused-ring (bicyclic) bond motifs is 1. The lowest BCUT2D eigenvalue weighted by atomic mass is 10.1. The maximum absolute atomic E-state index is 12.5. The molecule has 1 aromatic heterocycles. The maximum atomic E-state index is 12.5. The van der Waals surface area contributed by atoms with Crippen LogP contribution in [0.5, 0.6) is 0 Å². The normalized spacial score (nSPS) is 18.5. The highest BCUT2D eigenvalue weighted by Gasteiger charge is 2.27. The minimum atomic E-state index is 0.121. The Morgan fingerprint density at radius 2 is 1.89 bits per heavy atom. The van der Waals surface area contributed by atoms with Crippen LogP contribution in [-0.4, -0.2) is 21.9 Å². The van der Waals surface area contributed by atoms with Crippen LogP contribution in [0.2, 0.25) is 0 Å². The lowest BCUT2D eigenvalue weighted by Crippen LogP contribution is -2.40. The quantitative estimate of drug-likeness (QED) is 0.752. The Hall–Kier alpha value is -2.03. The van der Waals surface area contributed by atoms with E-state index in [1.165, 1.54) is 5.69 Å². The predicted octanol–water partition coefficient (Wildman–Crippen LogP) is 2.71. The first-order valence-electron chi connectivity index (χ1n) is 6.28. The largest absolute Gasteiger partial charge is 0.348 e. The summed E-state index contributed by atoms with van der Waals surface area (Å²) in [7, 11) is 0. The van der Waals surface area contributed by atoms with E-state index in [4.69, 9.17) is 0 Å². The monoisotopic (exact) mass is 240 g/mol. The van der Waals surface area contributed by atoms with Gasteiger partial charge in [0.2, 0.25) is 0 Å². The Bertz CT molecular complexity index is 559. The van der Waals surface area contributed by atoms with Gasteiger partial charge in [0, 0.05) is 30.5 Å². The smallest absolute Gasteiger partial charge is 0.254 e. The number of carbonyl (C=O) groups excluding carboxylic acids is 1. The lowest BCUT2D eigenvalue weighted by Gasteiger charge is -2.35. The van der Waals surface area contributed by atoms with Gasteiger partial charge < -0.3 is 9.47 Å². The zero-order chi connectivity index (χ0) is 12.5. The van der Waals surface area contributed by atoms with E-state index < -0.39 is 0 Å². The first kappa shape index (κ1) is 11.1. The molecule has 0 bridgehead atoms. The van der Waals surface area contributed by atoms with E-state index in [1.54, 1.807) is 0 Å². The Morgan fingerprint density at radius 3 is 2.67 bits per heavy atom.